The van der Waals surface area contributed by atoms with Crippen molar-refractivity contribution in [1.29, 1.82) is 0 Å². The average Bonchev–Trinajstić information content (AvgIpc) is 2.33. The minimum Gasteiger partial charge on any atom is -0.393 e. The molecule has 0 fully saturated rings. The third-order valence-corrected chi connectivity index (χ3v) is 4.46. The van der Waals surface area contributed by atoms with Gasteiger partial charge in [0.05, 0.1) is 11.9 Å². The van der Waals surface area contributed by atoms with Gasteiger partial charge < -0.3 is 5.11 Å². The van der Waals surface area contributed by atoms with Crippen molar-refractivity contribution in [2.45, 2.75) is 32.1 Å². The minimum atomic E-state index is -3.66. The monoisotopic (exact) mass is 323 g/mol. The summed E-state index contributed by atoms with van der Waals surface area (Å²) in [6, 6.07) is 3.79. The molecular formula is C13H19ClFNO3S. The molecule has 4 nitrogen and oxygen atoms in total. The summed E-state index contributed by atoms with van der Waals surface area (Å²) in [5.74, 6) is -1.02. The lowest BCUT2D eigenvalue weighted by atomic mass is 10.1. The van der Waals surface area contributed by atoms with E-state index in [1.807, 2.05) is 13.8 Å². The van der Waals surface area contributed by atoms with Crippen LogP contribution in [0.15, 0.2) is 18.2 Å². The molecule has 0 saturated carbocycles. The van der Waals surface area contributed by atoms with Crippen LogP contribution in [-0.4, -0.2) is 26.2 Å². The lowest BCUT2D eigenvalue weighted by Gasteiger charge is -2.14. The van der Waals surface area contributed by atoms with Gasteiger partial charge in [-0.25, -0.2) is 17.5 Å². The maximum atomic E-state index is 13.5. The Kier molecular flexibility index (Phi) is 6.39. The fourth-order valence-corrected chi connectivity index (χ4v) is 2.96. The molecule has 0 amide bonds. The van der Waals surface area contributed by atoms with Gasteiger partial charge in [0.15, 0.2) is 0 Å². The normalized spacial score (nSPS) is 13.7. The van der Waals surface area contributed by atoms with Crippen molar-refractivity contribution < 1.29 is 17.9 Å². The predicted octanol–water partition coefficient (Wildman–Crippen LogP) is 2.31. The molecule has 0 aliphatic rings. The number of aliphatic hydroxyl groups is 1. The zero-order valence-corrected chi connectivity index (χ0v) is 13.0. The van der Waals surface area contributed by atoms with E-state index in [4.69, 9.17) is 11.6 Å². The molecule has 1 aromatic rings. The molecule has 0 aliphatic heterocycles. The molecule has 0 saturated heterocycles. The fraction of sp³-hybridized carbons (Fsp3) is 0.538. The topological polar surface area (TPSA) is 66.4 Å². The Morgan fingerprint density at radius 1 is 1.40 bits per heavy atom. The minimum absolute atomic E-state index is 0.0226. The van der Waals surface area contributed by atoms with E-state index < -0.39 is 27.7 Å². The average molecular weight is 324 g/mol. The number of benzene rings is 1. The molecule has 0 heterocycles. The third-order valence-electron chi connectivity index (χ3n) is 2.88. The quantitative estimate of drug-likeness (QED) is 0.809. The molecule has 1 unspecified atom stereocenters. The summed E-state index contributed by atoms with van der Waals surface area (Å²) in [6.07, 6.45) is -0.254. The molecule has 1 rings (SSSR count). The number of rotatable bonds is 7. The number of halogens is 2. The van der Waals surface area contributed by atoms with Gasteiger partial charge in [0.25, 0.3) is 0 Å². The zero-order valence-electron chi connectivity index (χ0n) is 11.4. The molecule has 0 aliphatic carbocycles. The van der Waals surface area contributed by atoms with Gasteiger partial charge in [-0.3, -0.25) is 0 Å². The van der Waals surface area contributed by atoms with E-state index in [0.29, 0.717) is 6.42 Å². The molecule has 7 heteroatoms. The van der Waals surface area contributed by atoms with Crippen LogP contribution in [0.3, 0.4) is 0 Å². The molecule has 0 aromatic heterocycles. The largest absolute Gasteiger partial charge is 0.393 e. The van der Waals surface area contributed by atoms with Crippen molar-refractivity contribution in [3.8, 4) is 0 Å². The molecule has 1 atom stereocenters. The highest BCUT2D eigenvalue weighted by Crippen LogP contribution is 2.17. The Morgan fingerprint density at radius 2 is 2.05 bits per heavy atom. The Labute approximate surface area is 124 Å². The molecule has 1 aromatic carbocycles. The number of nitrogens with one attached hydrogen (secondary N) is 1. The number of sulfonamides is 1. The summed E-state index contributed by atoms with van der Waals surface area (Å²) in [4.78, 5) is 0. The summed E-state index contributed by atoms with van der Waals surface area (Å²) in [5, 5.41) is 9.87. The van der Waals surface area contributed by atoms with Crippen LogP contribution in [-0.2, 0) is 15.8 Å². The van der Waals surface area contributed by atoms with Crippen molar-refractivity contribution >= 4 is 21.6 Å². The summed E-state index contributed by atoms with van der Waals surface area (Å²) in [5.41, 5.74) is 0.0226. The van der Waals surface area contributed by atoms with Gasteiger partial charge in [-0.05, 0) is 30.5 Å². The highest BCUT2D eigenvalue weighted by atomic mass is 35.5. The maximum Gasteiger partial charge on any atom is 0.215 e. The van der Waals surface area contributed by atoms with E-state index in [2.05, 4.69) is 4.72 Å². The fourth-order valence-electron chi connectivity index (χ4n) is 1.61. The zero-order chi connectivity index (χ0) is 15.3. The van der Waals surface area contributed by atoms with Crippen molar-refractivity contribution in [2.24, 2.45) is 5.92 Å². The summed E-state index contributed by atoms with van der Waals surface area (Å²) < 4.78 is 39.4. The smallest absolute Gasteiger partial charge is 0.215 e. The lowest BCUT2D eigenvalue weighted by molar-refractivity contribution is 0.118. The van der Waals surface area contributed by atoms with E-state index in [0.717, 1.165) is 6.07 Å². The Bertz CT molecular complexity index is 549. The molecule has 114 valence electrons. The number of hydrogen-bond acceptors (Lipinski definition) is 3. The van der Waals surface area contributed by atoms with Gasteiger partial charge in [-0.2, -0.15) is 0 Å². The van der Waals surface area contributed by atoms with E-state index in [9.17, 15) is 17.9 Å². The molecular weight excluding hydrogens is 305 g/mol. The highest BCUT2D eigenvalue weighted by Gasteiger charge is 2.16. The van der Waals surface area contributed by atoms with Crippen molar-refractivity contribution in [1.82, 2.24) is 4.72 Å². The van der Waals surface area contributed by atoms with Crippen LogP contribution >= 0.6 is 11.6 Å². The van der Waals surface area contributed by atoms with Crippen molar-refractivity contribution in [3.05, 3.63) is 34.6 Å². The van der Waals surface area contributed by atoms with Gasteiger partial charge in [0, 0.05) is 17.1 Å². The van der Waals surface area contributed by atoms with E-state index in [1.165, 1.54) is 12.1 Å². The first-order valence-electron chi connectivity index (χ1n) is 6.30. The second-order valence-electron chi connectivity index (χ2n) is 4.99. The first-order chi connectivity index (χ1) is 9.21. The molecule has 0 spiro atoms. The standard InChI is InChI=1S/C13H19ClFNO3S/c1-9(2)13(17)5-6-16-20(18,19)8-10-7-11(14)3-4-12(10)15/h3-4,7,9,13,16-17H,5-6,8H2,1-2H3. The number of hydrogen-bond donors (Lipinski definition) is 2. The Hall–Kier alpha value is -0.690. The van der Waals surface area contributed by atoms with Gasteiger partial charge in [0.2, 0.25) is 10.0 Å². The highest BCUT2D eigenvalue weighted by molar-refractivity contribution is 7.88. The van der Waals surface area contributed by atoms with Crippen molar-refractivity contribution in [3.63, 3.8) is 0 Å². The first-order valence-corrected chi connectivity index (χ1v) is 8.33. The van der Waals surface area contributed by atoms with Gasteiger partial charge in [0.1, 0.15) is 5.82 Å². The van der Waals surface area contributed by atoms with Crippen LogP contribution in [0.2, 0.25) is 5.02 Å². The molecule has 0 radical (unpaired) electrons. The second-order valence-corrected chi connectivity index (χ2v) is 7.23. The van der Waals surface area contributed by atoms with Crippen LogP contribution in [0, 0.1) is 11.7 Å². The SMILES string of the molecule is CC(C)C(O)CCNS(=O)(=O)Cc1cc(Cl)ccc1F. The van der Waals surface area contributed by atoms with Gasteiger partial charge in [-0.15, -0.1) is 0 Å². The summed E-state index contributed by atoms with van der Waals surface area (Å²) >= 11 is 5.71. The van der Waals surface area contributed by atoms with Crippen LogP contribution in [0.5, 0.6) is 0 Å². The lowest BCUT2D eigenvalue weighted by Crippen LogP contribution is -2.30. The van der Waals surface area contributed by atoms with E-state index >= 15 is 0 Å². The second kappa shape index (κ2) is 7.36. The predicted molar refractivity (Wildman–Crippen MR) is 77.5 cm³/mol. The van der Waals surface area contributed by atoms with Gasteiger partial charge in [-0.1, -0.05) is 25.4 Å². The van der Waals surface area contributed by atoms with Crippen LogP contribution in [0.25, 0.3) is 0 Å². The molecule has 2 N–H and O–H groups in total. The summed E-state index contributed by atoms with van der Waals surface area (Å²) in [7, 11) is -3.66. The third kappa shape index (κ3) is 5.75. The first kappa shape index (κ1) is 17.4. The van der Waals surface area contributed by atoms with Crippen LogP contribution < -0.4 is 4.72 Å². The van der Waals surface area contributed by atoms with E-state index in [1.54, 1.807) is 0 Å². The number of aliphatic hydroxyl groups excluding tert-OH is 1. The van der Waals surface area contributed by atoms with Crippen molar-refractivity contribution in [2.75, 3.05) is 6.54 Å². The maximum absolute atomic E-state index is 13.5. The summed E-state index contributed by atoms with van der Waals surface area (Å²) in [6.45, 7) is 3.81. The van der Waals surface area contributed by atoms with Gasteiger partial charge >= 0.3 is 0 Å². The van der Waals surface area contributed by atoms with Crippen LogP contribution in [0.4, 0.5) is 4.39 Å². The van der Waals surface area contributed by atoms with Crippen LogP contribution in [0.1, 0.15) is 25.8 Å². The Morgan fingerprint density at radius 3 is 2.65 bits per heavy atom. The van der Waals surface area contributed by atoms with E-state index in [-0.39, 0.29) is 23.0 Å². The Balaban J connectivity index is 2.60. The molecule has 0 bridgehead atoms. The molecule has 20 heavy (non-hydrogen) atoms.